The number of nitrogen functional groups attached to an aromatic ring is 1. The normalized spacial score (nSPS) is 17.5. The maximum absolute atomic E-state index is 12.4. The summed E-state index contributed by atoms with van der Waals surface area (Å²) in [5.41, 5.74) is 6.67. The van der Waals surface area contributed by atoms with Gasteiger partial charge in [-0.2, -0.15) is 0 Å². The smallest absolute Gasteiger partial charge is 0.260 e. The summed E-state index contributed by atoms with van der Waals surface area (Å²) in [6, 6.07) is 3.57. The number of nitrogens with zero attached hydrogens (tertiary/aromatic N) is 4. The summed E-state index contributed by atoms with van der Waals surface area (Å²) in [6.07, 6.45) is 9.29. The standard InChI is InChI=1S/C17H21N5O2/c18-17-15(20-6-7-21-17)9-13-3-2-8-22(11-13)16(23)12-24-14-4-1-5-19-10-14/h1,4-7,10,13H,2-3,8-9,11-12H2,(H2,18,21)/t13-/m1/s1. The quantitative estimate of drug-likeness (QED) is 0.890. The maximum atomic E-state index is 12.4. The van der Waals surface area contributed by atoms with Crippen LogP contribution in [0, 0.1) is 5.92 Å². The monoisotopic (exact) mass is 327 g/mol. The van der Waals surface area contributed by atoms with E-state index in [0.29, 0.717) is 24.0 Å². The van der Waals surface area contributed by atoms with E-state index >= 15 is 0 Å². The van der Waals surface area contributed by atoms with E-state index < -0.39 is 0 Å². The molecule has 1 saturated heterocycles. The molecule has 2 aromatic rings. The van der Waals surface area contributed by atoms with Gasteiger partial charge in [-0.05, 0) is 37.3 Å². The van der Waals surface area contributed by atoms with Crippen molar-refractivity contribution in [1.82, 2.24) is 19.9 Å². The third kappa shape index (κ3) is 4.18. The molecule has 3 heterocycles. The molecule has 1 aliphatic heterocycles. The van der Waals surface area contributed by atoms with Crippen LogP contribution in [0.4, 0.5) is 5.82 Å². The Labute approximate surface area is 140 Å². The number of aromatic nitrogens is 3. The lowest BCUT2D eigenvalue weighted by Crippen LogP contribution is -2.42. The predicted octanol–water partition coefficient (Wildman–Crippen LogP) is 1.31. The van der Waals surface area contributed by atoms with Gasteiger partial charge in [-0.3, -0.25) is 14.8 Å². The molecular weight excluding hydrogens is 306 g/mol. The number of anilines is 1. The van der Waals surface area contributed by atoms with Gasteiger partial charge in [0.2, 0.25) is 0 Å². The zero-order chi connectivity index (χ0) is 16.8. The highest BCUT2D eigenvalue weighted by molar-refractivity contribution is 5.77. The summed E-state index contributed by atoms with van der Waals surface area (Å²) < 4.78 is 5.50. The average molecular weight is 327 g/mol. The Morgan fingerprint density at radius 2 is 2.21 bits per heavy atom. The lowest BCUT2D eigenvalue weighted by molar-refractivity contribution is -0.135. The first-order chi connectivity index (χ1) is 11.7. The number of carbonyl (C=O) groups is 1. The van der Waals surface area contributed by atoms with Crippen molar-refractivity contribution in [3.05, 3.63) is 42.6 Å². The molecule has 0 saturated carbocycles. The van der Waals surface area contributed by atoms with Crippen LogP contribution in [-0.2, 0) is 11.2 Å². The Balaban J connectivity index is 1.53. The largest absolute Gasteiger partial charge is 0.482 e. The second-order valence-electron chi connectivity index (χ2n) is 5.92. The number of hydrogen-bond acceptors (Lipinski definition) is 6. The second-order valence-corrected chi connectivity index (χ2v) is 5.92. The SMILES string of the molecule is Nc1nccnc1C[C@H]1CCCN(C(=O)COc2cccnc2)C1. The highest BCUT2D eigenvalue weighted by atomic mass is 16.5. The van der Waals surface area contributed by atoms with Gasteiger partial charge in [-0.15, -0.1) is 0 Å². The Bertz CT molecular complexity index is 680. The molecule has 1 aliphatic rings. The molecule has 7 nitrogen and oxygen atoms in total. The zero-order valence-electron chi connectivity index (χ0n) is 13.5. The van der Waals surface area contributed by atoms with Crippen molar-refractivity contribution < 1.29 is 9.53 Å². The minimum Gasteiger partial charge on any atom is -0.482 e. The van der Waals surface area contributed by atoms with Crippen molar-refractivity contribution in [2.75, 3.05) is 25.4 Å². The Morgan fingerprint density at radius 1 is 1.33 bits per heavy atom. The van der Waals surface area contributed by atoms with E-state index in [2.05, 4.69) is 15.0 Å². The highest BCUT2D eigenvalue weighted by Crippen LogP contribution is 2.22. The van der Waals surface area contributed by atoms with Gasteiger partial charge in [0.15, 0.2) is 6.61 Å². The maximum Gasteiger partial charge on any atom is 0.260 e. The Kier molecular flexibility index (Phi) is 5.20. The first-order valence-electron chi connectivity index (χ1n) is 8.08. The number of rotatable bonds is 5. The molecule has 2 N–H and O–H groups in total. The Hall–Kier alpha value is -2.70. The molecule has 3 rings (SSSR count). The molecule has 0 spiro atoms. The molecule has 0 radical (unpaired) electrons. The van der Waals surface area contributed by atoms with Crippen molar-refractivity contribution in [2.24, 2.45) is 5.92 Å². The van der Waals surface area contributed by atoms with Crippen molar-refractivity contribution in [3.63, 3.8) is 0 Å². The lowest BCUT2D eigenvalue weighted by atomic mass is 9.93. The predicted molar refractivity (Wildman–Crippen MR) is 89.2 cm³/mol. The molecule has 1 atom stereocenters. The fraction of sp³-hybridized carbons (Fsp3) is 0.412. The molecular formula is C17H21N5O2. The number of carbonyl (C=O) groups excluding carboxylic acids is 1. The molecule has 0 aromatic carbocycles. The first-order valence-corrected chi connectivity index (χ1v) is 8.08. The van der Waals surface area contributed by atoms with Gasteiger partial charge in [0, 0.05) is 31.7 Å². The summed E-state index contributed by atoms with van der Waals surface area (Å²) in [5, 5.41) is 0. The number of piperidine rings is 1. The van der Waals surface area contributed by atoms with Gasteiger partial charge < -0.3 is 15.4 Å². The zero-order valence-corrected chi connectivity index (χ0v) is 13.5. The number of pyridine rings is 1. The third-order valence-corrected chi connectivity index (χ3v) is 4.16. The molecule has 1 fully saturated rings. The van der Waals surface area contributed by atoms with E-state index in [9.17, 15) is 4.79 Å². The minimum atomic E-state index is -0.00401. The third-order valence-electron chi connectivity index (χ3n) is 4.16. The molecule has 0 bridgehead atoms. The molecule has 2 aromatic heterocycles. The van der Waals surface area contributed by atoms with E-state index in [-0.39, 0.29) is 12.5 Å². The van der Waals surface area contributed by atoms with Gasteiger partial charge in [0.25, 0.3) is 5.91 Å². The summed E-state index contributed by atoms with van der Waals surface area (Å²) in [6.45, 7) is 1.50. The van der Waals surface area contributed by atoms with Gasteiger partial charge in [0.1, 0.15) is 11.6 Å². The average Bonchev–Trinajstić information content (AvgIpc) is 2.63. The van der Waals surface area contributed by atoms with Crippen molar-refractivity contribution in [2.45, 2.75) is 19.3 Å². The van der Waals surface area contributed by atoms with Crippen LogP contribution < -0.4 is 10.5 Å². The summed E-state index contributed by atoms with van der Waals surface area (Å²) >= 11 is 0. The molecule has 0 unspecified atom stereocenters. The number of nitrogens with two attached hydrogens (primary N) is 1. The first kappa shape index (κ1) is 16.2. The summed E-state index contributed by atoms with van der Waals surface area (Å²) in [4.78, 5) is 26.6. The van der Waals surface area contributed by atoms with E-state index in [1.165, 1.54) is 0 Å². The van der Waals surface area contributed by atoms with E-state index in [0.717, 1.165) is 31.5 Å². The van der Waals surface area contributed by atoms with Crippen LogP contribution in [0.15, 0.2) is 36.9 Å². The van der Waals surface area contributed by atoms with Crippen molar-refractivity contribution in [3.8, 4) is 5.75 Å². The molecule has 0 aliphatic carbocycles. The van der Waals surface area contributed by atoms with Crippen LogP contribution in [0.5, 0.6) is 5.75 Å². The van der Waals surface area contributed by atoms with Crippen molar-refractivity contribution in [1.29, 1.82) is 0 Å². The summed E-state index contributed by atoms with van der Waals surface area (Å²) in [5.74, 6) is 1.42. The minimum absolute atomic E-state index is 0.00401. The van der Waals surface area contributed by atoms with Gasteiger partial charge in [-0.1, -0.05) is 0 Å². The molecule has 1 amide bonds. The van der Waals surface area contributed by atoms with Crippen LogP contribution in [0.2, 0.25) is 0 Å². The second kappa shape index (κ2) is 7.72. The van der Waals surface area contributed by atoms with E-state index in [1.807, 2.05) is 4.90 Å². The van der Waals surface area contributed by atoms with E-state index in [1.54, 1.807) is 36.9 Å². The van der Waals surface area contributed by atoms with Crippen LogP contribution in [0.3, 0.4) is 0 Å². The fourth-order valence-corrected chi connectivity index (χ4v) is 2.94. The van der Waals surface area contributed by atoms with Crippen LogP contribution >= 0.6 is 0 Å². The fourth-order valence-electron chi connectivity index (χ4n) is 2.94. The molecule has 126 valence electrons. The highest BCUT2D eigenvalue weighted by Gasteiger charge is 2.25. The summed E-state index contributed by atoms with van der Waals surface area (Å²) in [7, 11) is 0. The Morgan fingerprint density at radius 3 is 3.00 bits per heavy atom. The van der Waals surface area contributed by atoms with E-state index in [4.69, 9.17) is 10.5 Å². The van der Waals surface area contributed by atoms with Crippen LogP contribution in [-0.4, -0.2) is 45.5 Å². The van der Waals surface area contributed by atoms with Gasteiger partial charge >= 0.3 is 0 Å². The van der Waals surface area contributed by atoms with Gasteiger partial charge in [-0.25, -0.2) is 4.98 Å². The topological polar surface area (TPSA) is 94.2 Å². The molecule has 24 heavy (non-hydrogen) atoms. The van der Waals surface area contributed by atoms with Crippen molar-refractivity contribution >= 4 is 11.7 Å². The van der Waals surface area contributed by atoms with Gasteiger partial charge in [0.05, 0.1) is 11.9 Å². The molecule has 7 heteroatoms. The number of hydrogen-bond donors (Lipinski definition) is 1. The number of amides is 1. The van der Waals surface area contributed by atoms with Crippen LogP contribution in [0.1, 0.15) is 18.5 Å². The lowest BCUT2D eigenvalue weighted by Gasteiger charge is -2.32. The van der Waals surface area contributed by atoms with Crippen LogP contribution in [0.25, 0.3) is 0 Å². The number of ether oxygens (including phenoxy) is 1. The number of likely N-dealkylation sites (tertiary alicyclic amines) is 1.